The first-order valence-electron chi connectivity index (χ1n) is 6.17. The lowest BCUT2D eigenvalue weighted by molar-refractivity contribution is 0.0962. The van der Waals surface area contributed by atoms with Crippen molar-refractivity contribution in [2.75, 3.05) is 7.05 Å². The molecule has 2 aromatic carbocycles. The Balaban J connectivity index is 2.11. The van der Waals surface area contributed by atoms with Crippen molar-refractivity contribution in [3.8, 4) is 11.8 Å². The summed E-state index contributed by atoms with van der Waals surface area (Å²) in [5.41, 5.74) is 1.95. The molecule has 0 aliphatic heterocycles. The SMILES string of the molecule is CNC(=O)c1cccc(OCc2ccccc2C#N)c1. The number of carbonyl (C=O) groups is 1. The van der Waals surface area contributed by atoms with Crippen molar-refractivity contribution in [3.05, 3.63) is 65.2 Å². The van der Waals surface area contributed by atoms with Crippen LogP contribution >= 0.6 is 0 Å². The fourth-order valence-corrected chi connectivity index (χ4v) is 1.79. The van der Waals surface area contributed by atoms with Crippen LogP contribution in [0.4, 0.5) is 0 Å². The minimum atomic E-state index is -0.159. The first-order valence-corrected chi connectivity index (χ1v) is 6.17. The third-order valence-electron chi connectivity index (χ3n) is 2.86. The minimum absolute atomic E-state index is 0.159. The highest BCUT2D eigenvalue weighted by atomic mass is 16.5. The molecule has 0 aliphatic carbocycles. The summed E-state index contributed by atoms with van der Waals surface area (Å²) in [7, 11) is 1.58. The van der Waals surface area contributed by atoms with Gasteiger partial charge in [0.25, 0.3) is 5.91 Å². The molecule has 0 unspecified atom stereocenters. The van der Waals surface area contributed by atoms with Gasteiger partial charge in [-0.25, -0.2) is 0 Å². The highest BCUT2D eigenvalue weighted by Crippen LogP contribution is 2.16. The number of ether oxygens (including phenoxy) is 1. The van der Waals surface area contributed by atoms with Crippen LogP contribution in [0.15, 0.2) is 48.5 Å². The Morgan fingerprint density at radius 2 is 2.05 bits per heavy atom. The van der Waals surface area contributed by atoms with Crippen LogP contribution in [0.25, 0.3) is 0 Å². The molecule has 4 heteroatoms. The summed E-state index contributed by atoms with van der Waals surface area (Å²) in [6.45, 7) is 0.293. The molecular weight excluding hydrogens is 252 g/mol. The number of rotatable bonds is 4. The summed E-state index contributed by atoms with van der Waals surface area (Å²) in [5.74, 6) is 0.437. The van der Waals surface area contributed by atoms with Crippen molar-refractivity contribution < 1.29 is 9.53 Å². The van der Waals surface area contributed by atoms with Crippen molar-refractivity contribution in [1.82, 2.24) is 5.32 Å². The maximum atomic E-state index is 11.5. The molecule has 0 radical (unpaired) electrons. The third kappa shape index (κ3) is 3.15. The van der Waals surface area contributed by atoms with Crippen molar-refractivity contribution in [2.24, 2.45) is 0 Å². The normalized spacial score (nSPS) is 9.60. The van der Waals surface area contributed by atoms with Gasteiger partial charge in [-0.3, -0.25) is 4.79 Å². The second kappa shape index (κ2) is 6.39. The first kappa shape index (κ1) is 13.6. The van der Waals surface area contributed by atoms with Crippen LogP contribution in [0.3, 0.4) is 0 Å². The minimum Gasteiger partial charge on any atom is -0.489 e. The molecular formula is C16H14N2O2. The molecule has 4 nitrogen and oxygen atoms in total. The Labute approximate surface area is 117 Å². The smallest absolute Gasteiger partial charge is 0.251 e. The average Bonchev–Trinajstić information content (AvgIpc) is 2.52. The standard InChI is InChI=1S/C16H14N2O2/c1-18-16(19)12-7-4-8-15(9-12)20-11-14-6-3-2-5-13(14)10-17/h2-9H,11H2,1H3,(H,18,19). The summed E-state index contributed by atoms with van der Waals surface area (Å²) in [6, 6.07) is 16.3. The van der Waals surface area contributed by atoms with E-state index in [0.717, 1.165) is 5.56 Å². The Bertz CT molecular complexity index is 660. The molecule has 0 saturated carbocycles. The topological polar surface area (TPSA) is 62.1 Å². The molecule has 1 N–H and O–H groups in total. The molecule has 0 saturated heterocycles. The van der Waals surface area contributed by atoms with Crippen molar-refractivity contribution in [1.29, 1.82) is 5.26 Å². The number of carbonyl (C=O) groups excluding carboxylic acids is 1. The lowest BCUT2D eigenvalue weighted by Crippen LogP contribution is -2.17. The predicted octanol–water partition coefficient (Wildman–Crippen LogP) is 2.50. The molecule has 0 heterocycles. The second-order valence-corrected chi connectivity index (χ2v) is 4.16. The van der Waals surface area contributed by atoms with E-state index in [4.69, 9.17) is 10.00 Å². The van der Waals surface area contributed by atoms with E-state index in [0.29, 0.717) is 23.5 Å². The van der Waals surface area contributed by atoms with Crippen LogP contribution in [0.1, 0.15) is 21.5 Å². The predicted molar refractivity (Wildman–Crippen MR) is 75.3 cm³/mol. The highest BCUT2D eigenvalue weighted by Gasteiger charge is 2.05. The van der Waals surface area contributed by atoms with Gasteiger partial charge >= 0.3 is 0 Å². The van der Waals surface area contributed by atoms with E-state index in [-0.39, 0.29) is 5.91 Å². The van der Waals surface area contributed by atoms with Gasteiger partial charge in [-0.1, -0.05) is 24.3 Å². The van der Waals surface area contributed by atoms with Gasteiger partial charge < -0.3 is 10.1 Å². The zero-order chi connectivity index (χ0) is 14.4. The second-order valence-electron chi connectivity index (χ2n) is 4.16. The van der Waals surface area contributed by atoms with E-state index < -0.39 is 0 Å². The molecule has 1 amide bonds. The van der Waals surface area contributed by atoms with E-state index in [9.17, 15) is 4.79 Å². The molecule has 0 aliphatic rings. The summed E-state index contributed by atoms with van der Waals surface area (Å²) in [6.07, 6.45) is 0. The lowest BCUT2D eigenvalue weighted by atomic mass is 10.1. The highest BCUT2D eigenvalue weighted by molar-refractivity contribution is 5.94. The molecule has 0 fully saturated rings. The fourth-order valence-electron chi connectivity index (χ4n) is 1.79. The van der Waals surface area contributed by atoms with Gasteiger partial charge in [0.15, 0.2) is 0 Å². The van der Waals surface area contributed by atoms with Crippen LogP contribution in [0.2, 0.25) is 0 Å². The van der Waals surface area contributed by atoms with Gasteiger partial charge in [0.05, 0.1) is 11.6 Å². The van der Waals surface area contributed by atoms with Crippen molar-refractivity contribution in [2.45, 2.75) is 6.61 Å². The van der Waals surface area contributed by atoms with E-state index in [1.54, 1.807) is 37.4 Å². The van der Waals surface area contributed by atoms with Crippen LogP contribution in [0, 0.1) is 11.3 Å². The molecule has 0 atom stereocenters. The van der Waals surface area contributed by atoms with Gasteiger partial charge in [0, 0.05) is 18.2 Å². The van der Waals surface area contributed by atoms with Crippen molar-refractivity contribution in [3.63, 3.8) is 0 Å². The number of nitrogens with one attached hydrogen (secondary N) is 1. The molecule has 2 aromatic rings. The maximum absolute atomic E-state index is 11.5. The fraction of sp³-hybridized carbons (Fsp3) is 0.125. The van der Waals surface area contributed by atoms with Gasteiger partial charge in [-0.05, 0) is 24.3 Å². The Morgan fingerprint density at radius 3 is 2.80 bits per heavy atom. The third-order valence-corrected chi connectivity index (χ3v) is 2.86. The zero-order valence-corrected chi connectivity index (χ0v) is 11.1. The molecule has 0 bridgehead atoms. The van der Waals surface area contributed by atoms with Crippen LogP contribution in [0.5, 0.6) is 5.75 Å². The molecule has 0 aromatic heterocycles. The average molecular weight is 266 g/mol. The van der Waals surface area contributed by atoms with Gasteiger partial charge in [-0.15, -0.1) is 0 Å². The number of nitrogens with zero attached hydrogens (tertiary/aromatic N) is 1. The molecule has 20 heavy (non-hydrogen) atoms. The Kier molecular flexibility index (Phi) is 4.35. The lowest BCUT2D eigenvalue weighted by Gasteiger charge is -2.08. The van der Waals surface area contributed by atoms with E-state index >= 15 is 0 Å². The summed E-state index contributed by atoms with van der Waals surface area (Å²) >= 11 is 0. The largest absolute Gasteiger partial charge is 0.489 e. The van der Waals surface area contributed by atoms with E-state index in [2.05, 4.69) is 11.4 Å². The Hall–Kier alpha value is -2.80. The number of hydrogen-bond acceptors (Lipinski definition) is 3. The Morgan fingerprint density at radius 1 is 1.25 bits per heavy atom. The quantitative estimate of drug-likeness (QED) is 0.924. The first-order chi connectivity index (χ1) is 9.74. The van der Waals surface area contributed by atoms with Gasteiger partial charge in [0.2, 0.25) is 0 Å². The summed E-state index contributed by atoms with van der Waals surface area (Å²) < 4.78 is 5.64. The van der Waals surface area contributed by atoms with E-state index in [1.165, 1.54) is 0 Å². The molecule has 100 valence electrons. The van der Waals surface area contributed by atoms with Crippen molar-refractivity contribution >= 4 is 5.91 Å². The number of amides is 1. The number of nitriles is 1. The summed E-state index contributed by atoms with van der Waals surface area (Å²) in [4.78, 5) is 11.5. The van der Waals surface area contributed by atoms with Gasteiger partial charge in [0.1, 0.15) is 12.4 Å². The van der Waals surface area contributed by atoms with Gasteiger partial charge in [-0.2, -0.15) is 5.26 Å². The number of hydrogen-bond donors (Lipinski definition) is 1. The maximum Gasteiger partial charge on any atom is 0.251 e. The van der Waals surface area contributed by atoms with Crippen LogP contribution < -0.4 is 10.1 Å². The zero-order valence-electron chi connectivity index (χ0n) is 11.1. The monoisotopic (exact) mass is 266 g/mol. The molecule has 0 spiro atoms. The molecule has 2 rings (SSSR count). The number of benzene rings is 2. The van der Waals surface area contributed by atoms with E-state index in [1.807, 2.05) is 18.2 Å². The van der Waals surface area contributed by atoms with Crippen LogP contribution in [-0.2, 0) is 6.61 Å². The van der Waals surface area contributed by atoms with Crippen LogP contribution in [-0.4, -0.2) is 13.0 Å². The summed E-state index contributed by atoms with van der Waals surface area (Å²) in [5, 5.41) is 11.6.